The number of thiocarbonyl (C=S) groups is 1. The Morgan fingerprint density at radius 1 is 1.33 bits per heavy atom. The van der Waals surface area contributed by atoms with Crippen LogP contribution in [-0.4, -0.2) is 24.4 Å². The highest BCUT2D eigenvalue weighted by Crippen LogP contribution is 2.34. The first-order valence-corrected chi connectivity index (χ1v) is 8.23. The number of methoxy groups -OCH3 is 1. The number of nitrogens with zero attached hydrogens (tertiary/aromatic N) is 1. The van der Waals surface area contributed by atoms with Crippen molar-refractivity contribution in [2.24, 2.45) is 10.8 Å². The Hall–Kier alpha value is -2.20. The van der Waals surface area contributed by atoms with Crippen molar-refractivity contribution in [1.29, 1.82) is 0 Å². The summed E-state index contributed by atoms with van der Waals surface area (Å²) in [4.78, 5) is 12.2. The van der Waals surface area contributed by atoms with Crippen molar-refractivity contribution in [1.82, 2.24) is 5.43 Å². The second-order valence-corrected chi connectivity index (χ2v) is 6.13. The zero-order valence-electron chi connectivity index (χ0n) is 12.7. The van der Waals surface area contributed by atoms with Gasteiger partial charge in [-0.3, -0.25) is 5.43 Å². The van der Waals surface area contributed by atoms with Crippen molar-refractivity contribution >= 4 is 52.1 Å². The van der Waals surface area contributed by atoms with E-state index in [9.17, 15) is 4.79 Å². The van der Waals surface area contributed by atoms with Crippen molar-refractivity contribution in [3.8, 4) is 11.5 Å². The van der Waals surface area contributed by atoms with E-state index in [1.807, 2.05) is 6.07 Å². The third kappa shape index (κ3) is 4.90. The molecule has 2 aromatic rings. The van der Waals surface area contributed by atoms with Crippen LogP contribution in [0, 0.1) is 3.57 Å². The third-order valence-electron chi connectivity index (χ3n) is 2.84. The summed E-state index contributed by atoms with van der Waals surface area (Å²) in [5.74, 6) is 0.317. The number of nitrogens with one attached hydrogen (secondary N) is 1. The van der Waals surface area contributed by atoms with Gasteiger partial charge in [0.25, 0.3) is 0 Å². The molecule has 0 amide bonds. The van der Waals surface area contributed by atoms with Crippen LogP contribution in [0.5, 0.6) is 11.5 Å². The monoisotopic (exact) mass is 455 g/mol. The van der Waals surface area contributed by atoms with Crippen LogP contribution in [-0.2, 0) is 0 Å². The normalized spacial score (nSPS) is 10.4. The molecule has 0 spiro atoms. The summed E-state index contributed by atoms with van der Waals surface area (Å²) in [7, 11) is 1.50. The second-order valence-electron chi connectivity index (χ2n) is 4.52. The fourth-order valence-corrected chi connectivity index (χ4v) is 2.60. The summed E-state index contributed by atoms with van der Waals surface area (Å²) in [5.41, 5.74) is 8.96. The number of hydrazone groups is 1. The highest BCUT2D eigenvalue weighted by Gasteiger charge is 2.16. The maximum absolute atomic E-state index is 12.2. The molecule has 8 heteroatoms. The number of benzene rings is 2. The zero-order chi connectivity index (χ0) is 17.5. The largest absolute Gasteiger partial charge is 0.493 e. The molecule has 6 nitrogen and oxygen atoms in total. The lowest BCUT2D eigenvalue weighted by Gasteiger charge is -2.12. The van der Waals surface area contributed by atoms with E-state index in [0.717, 1.165) is 5.56 Å². The Balaban J connectivity index is 2.25. The van der Waals surface area contributed by atoms with Gasteiger partial charge in [0.15, 0.2) is 16.6 Å². The first-order chi connectivity index (χ1) is 11.5. The first-order valence-electron chi connectivity index (χ1n) is 6.74. The van der Waals surface area contributed by atoms with E-state index in [0.29, 0.717) is 20.6 Å². The number of ether oxygens (including phenoxy) is 2. The van der Waals surface area contributed by atoms with Gasteiger partial charge >= 0.3 is 5.97 Å². The fraction of sp³-hybridized carbons (Fsp3) is 0.0625. The van der Waals surface area contributed by atoms with E-state index >= 15 is 0 Å². The molecule has 0 saturated carbocycles. The van der Waals surface area contributed by atoms with E-state index in [4.69, 9.17) is 15.2 Å². The SMILES string of the molecule is COc1cc(/C=N/NC(N)=S)cc(I)c1OC(=O)c1ccccc1. The van der Waals surface area contributed by atoms with Gasteiger partial charge in [-0.1, -0.05) is 18.2 Å². The maximum Gasteiger partial charge on any atom is 0.343 e. The molecule has 24 heavy (non-hydrogen) atoms. The van der Waals surface area contributed by atoms with Gasteiger partial charge in [0.2, 0.25) is 0 Å². The van der Waals surface area contributed by atoms with E-state index in [1.54, 1.807) is 36.4 Å². The molecule has 0 radical (unpaired) electrons. The summed E-state index contributed by atoms with van der Waals surface area (Å²) in [6, 6.07) is 12.2. The van der Waals surface area contributed by atoms with Crippen LogP contribution in [0.3, 0.4) is 0 Å². The van der Waals surface area contributed by atoms with Gasteiger partial charge in [-0.15, -0.1) is 0 Å². The Bertz CT molecular complexity index is 782. The van der Waals surface area contributed by atoms with Crippen LogP contribution in [0.2, 0.25) is 0 Å². The molecule has 0 saturated heterocycles. The molecule has 0 aliphatic carbocycles. The quantitative estimate of drug-likeness (QED) is 0.180. The molecule has 0 aliphatic heterocycles. The smallest absolute Gasteiger partial charge is 0.343 e. The van der Waals surface area contributed by atoms with Crippen LogP contribution >= 0.6 is 34.8 Å². The Morgan fingerprint density at radius 2 is 2.04 bits per heavy atom. The summed E-state index contributed by atoms with van der Waals surface area (Å²) in [6.45, 7) is 0. The highest BCUT2D eigenvalue weighted by molar-refractivity contribution is 14.1. The molecule has 3 N–H and O–H groups in total. The van der Waals surface area contributed by atoms with Gasteiger partial charge in [0.1, 0.15) is 0 Å². The van der Waals surface area contributed by atoms with Crippen molar-refractivity contribution in [2.75, 3.05) is 7.11 Å². The lowest BCUT2D eigenvalue weighted by molar-refractivity contribution is 0.0728. The Kier molecular flexibility index (Phi) is 6.50. The van der Waals surface area contributed by atoms with Crippen LogP contribution in [0.25, 0.3) is 0 Å². The van der Waals surface area contributed by atoms with Gasteiger partial charge in [0.05, 0.1) is 22.5 Å². The van der Waals surface area contributed by atoms with Gasteiger partial charge in [-0.05, 0) is 64.6 Å². The second kappa shape index (κ2) is 8.60. The number of carbonyl (C=O) groups excluding carboxylic acids is 1. The van der Waals surface area contributed by atoms with Gasteiger partial charge in [-0.2, -0.15) is 5.10 Å². The van der Waals surface area contributed by atoms with Crippen molar-refractivity contribution in [3.05, 3.63) is 57.2 Å². The van der Waals surface area contributed by atoms with E-state index in [2.05, 4.69) is 45.3 Å². The average molecular weight is 455 g/mol. The molecule has 0 atom stereocenters. The molecule has 0 aromatic heterocycles. The first kappa shape index (κ1) is 18.1. The number of carbonyl (C=O) groups is 1. The molecule has 2 aromatic carbocycles. The van der Waals surface area contributed by atoms with Crippen molar-refractivity contribution in [2.45, 2.75) is 0 Å². The zero-order valence-corrected chi connectivity index (χ0v) is 15.6. The van der Waals surface area contributed by atoms with E-state index in [-0.39, 0.29) is 5.11 Å². The van der Waals surface area contributed by atoms with Crippen LogP contribution in [0.4, 0.5) is 0 Å². The van der Waals surface area contributed by atoms with Gasteiger partial charge in [0, 0.05) is 0 Å². The number of rotatable bonds is 5. The molecular weight excluding hydrogens is 441 g/mol. The van der Waals surface area contributed by atoms with Crippen molar-refractivity contribution < 1.29 is 14.3 Å². The van der Waals surface area contributed by atoms with Crippen LogP contribution < -0.4 is 20.6 Å². The average Bonchev–Trinajstić information content (AvgIpc) is 2.57. The Labute approximate surface area is 158 Å². The predicted molar refractivity (Wildman–Crippen MR) is 105 cm³/mol. The molecule has 0 aliphatic rings. The number of halogens is 1. The predicted octanol–water partition coefficient (Wildman–Crippen LogP) is 2.69. The minimum absolute atomic E-state index is 0.0707. The maximum atomic E-state index is 12.2. The van der Waals surface area contributed by atoms with Crippen LogP contribution in [0.1, 0.15) is 15.9 Å². The molecule has 0 fully saturated rings. The molecular formula is C16H14IN3O3S. The molecule has 0 heterocycles. The van der Waals surface area contributed by atoms with Gasteiger partial charge in [-0.25, -0.2) is 4.79 Å². The number of hydrogen-bond acceptors (Lipinski definition) is 5. The third-order valence-corrected chi connectivity index (χ3v) is 3.74. The van der Waals surface area contributed by atoms with Crippen molar-refractivity contribution in [3.63, 3.8) is 0 Å². The van der Waals surface area contributed by atoms with E-state index in [1.165, 1.54) is 13.3 Å². The lowest BCUT2D eigenvalue weighted by Crippen LogP contribution is -2.24. The summed E-state index contributed by atoms with van der Waals surface area (Å²) < 4.78 is 11.5. The Morgan fingerprint density at radius 3 is 2.67 bits per heavy atom. The molecule has 2 rings (SSSR count). The summed E-state index contributed by atoms with van der Waals surface area (Å²) in [5, 5.41) is 3.96. The lowest BCUT2D eigenvalue weighted by atomic mass is 10.2. The number of esters is 1. The molecule has 0 bridgehead atoms. The highest BCUT2D eigenvalue weighted by atomic mass is 127. The fourth-order valence-electron chi connectivity index (χ4n) is 1.81. The number of nitrogens with two attached hydrogens (primary N) is 1. The number of hydrogen-bond donors (Lipinski definition) is 2. The topological polar surface area (TPSA) is 85.9 Å². The summed E-state index contributed by atoms with van der Waals surface area (Å²) >= 11 is 6.73. The molecule has 124 valence electrons. The standard InChI is InChI=1S/C16H14IN3O3S/c1-22-13-8-10(9-19-20-16(18)24)7-12(17)14(13)23-15(21)11-5-3-2-4-6-11/h2-9H,1H3,(H3,18,20,24)/b19-9+. The minimum Gasteiger partial charge on any atom is -0.493 e. The molecule has 0 unspecified atom stereocenters. The minimum atomic E-state index is -0.455. The van der Waals surface area contributed by atoms with E-state index < -0.39 is 5.97 Å². The van der Waals surface area contributed by atoms with Crippen LogP contribution in [0.15, 0.2) is 47.6 Å². The summed E-state index contributed by atoms with van der Waals surface area (Å²) in [6.07, 6.45) is 1.53. The van der Waals surface area contributed by atoms with Gasteiger partial charge < -0.3 is 15.2 Å².